The first-order valence-corrected chi connectivity index (χ1v) is 9.78. The molecule has 6 N–H and O–H groups in total. The number of amides is 1. The van der Waals surface area contributed by atoms with Gasteiger partial charge in [-0.05, 0) is 38.0 Å². The quantitative estimate of drug-likeness (QED) is 0.336. The predicted molar refractivity (Wildman–Crippen MR) is 111 cm³/mol. The van der Waals surface area contributed by atoms with Crippen LogP contribution in [0, 0.1) is 12.8 Å². The number of rotatable bonds is 3. The molecular weight excluding hydrogens is 420 g/mol. The van der Waals surface area contributed by atoms with Gasteiger partial charge >= 0.3 is 5.97 Å². The van der Waals surface area contributed by atoms with Gasteiger partial charge in [-0.25, -0.2) is 4.79 Å². The number of nitrogens with two attached hydrogens (primary N) is 1. The number of benzene rings is 2. The molecule has 0 aromatic heterocycles. The number of cyclic esters (lactones) is 1. The first-order valence-electron chi connectivity index (χ1n) is 9.78. The highest BCUT2D eigenvalue weighted by molar-refractivity contribution is 6.21. The van der Waals surface area contributed by atoms with Crippen molar-refractivity contribution in [2.24, 2.45) is 11.7 Å². The molecule has 2 aromatic rings. The molecule has 4 rings (SSSR count). The van der Waals surface area contributed by atoms with Crippen molar-refractivity contribution in [1.29, 1.82) is 0 Å². The van der Waals surface area contributed by atoms with Gasteiger partial charge in [-0.3, -0.25) is 14.5 Å². The van der Waals surface area contributed by atoms with Crippen molar-refractivity contribution in [1.82, 2.24) is 4.90 Å². The van der Waals surface area contributed by atoms with Gasteiger partial charge in [0.05, 0.1) is 17.3 Å². The molecule has 0 saturated heterocycles. The van der Waals surface area contributed by atoms with E-state index in [1.54, 1.807) is 33.2 Å². The third-order valence-electron chi connectivity index (χ3n) is 6.25. The van der Waals surface area contributed by atoms with Crippen LogP contribution in [0.5, 0.6) is 11.5 Å². The summed E-state index contributed by atoms with van der Waals surface area (Å²) in [6.45, 7) is 1.65. The minimum absolute atomic E-state index is 0.0736. The number of Topliss-reactive ketones (excluding diaryl/α,β-unsaturated/α-hetero) is 1. The van der Waals surface area contributed by atoms with E-state index in [0.29, 0.717) is 10.9 Å². The molecule has 2 aliphatic rings. The summed E-state index contributed by atoms with van der Waals surface area (Å²) in [7, 11) is 3.10. The number of aryl methyl sites for hydroxylation is 1. The summed E-state index contributed by atoms with van der Waals surface area (Å²) in [5.74, 6) is -5.73. The summed E-state index contributed by atoms with van der Waals surface area (Å²) in [6.07, 6.45) is -3.07. The number of ether oxygens (including phenoxy) is 1. The monoisotopic (exact) mass is 442 g/mol. The molecular formula is C22H22N2O8. The summed E-state index contributed by atoms with van der Waals surface area (Å²) in [5.41, 5.74) is 5.05. The molecule has 1 amide bonds. The molecule has 32 heavy (non-hydrogen) atoms. The molecule has 0 radical (unpaired) electrons. The molecule has 168 valence electrons. The van der Waals surface area contributed by atoms with Crippen molar-refractivity contribution >= 4 is 28.4 Å². The lowest BCUT2D eigenvalue weighted by molar-refractivity contribution is -0.136. The van der Waals surface area contributed by atoms with Crippen LogP contribution < -0.4 is 5.73 Å². The number of nitrogens with zero attached hydrogens (tertiary/aromatic N) is 1. The second kappa shape index (κ2) is 7.21. The van der Waals surface area contributed by atoms with E-state index in [4.69, 9.17) is 10.5 Å². The predicted octanol–water partition coefficient (Wildman–Crippen LogP) is 0.558. The fourth-order valence-corrected chi connectivity index (χ4v) is 4.87. The van der Waals surface area contributed by atoms with Crippen LogP contribution in [0.2, 0.25) is 0 Å². The molecule has 0 fully saturated rings. The van der Waals surface area contributed by atoms with Gasteiger partial charge in [0.2, 0.25) is 5.78 Å². The SMILES string of the molecule is Cc1c2c(c(O)c3c(O)cccc13)C(=O)O[C@H]2[C@@H]1[C@@H](O)C(=O)C(C(N)=O)=C(O)[C@@H]1N(C)C. The number of aliphatic hydroxyl groups excluding tert-OH is 2. The summed E-state index contributed by atoms with van der Waals surface area (Å²) in [4.78, 5) is 38.7. The second-order valence-electron chi connectivity index (χ2n) is 8.21. The molecule has 1 heterocycles. The first-order chi connectivity index (χ1) is 15.0. The number of aromatic hydroxyl groups is 2. The first kappa shape index (κ1) is 21.6. The van der Waals surface area contributed by atoms with Crippen molar-refractivity contribution in [3.63, 3.8) is 0 Å². The maximum atomic E-state index is 12.8. The van der Waals surface area contributed by atoms with Gasteiger partial charge in [-0.1, -0.05) is 12.1 Å². The van der Waals surface area contributed by atoms with Crippen LogP contribution in [0.15, 0.2) is 29.5 Å². The molecule has 0 spiro atoms. The fourth-order valence-electron chi connectivity index (χ4n) is 4.87. The van der Waals surface area contributed by atoms with E-state index in [1.807, 2.05) is 0 Å². The van der Waals surface area contributed by atoms with Crippen molar-refractivity contribution in [3.8, 4) is 11.5 Å². The lowest BCUT2D eigenvalue weighted by Gasteiger charge is -2.40. The molecule has 1 aliphatic heterocycles. The Labute approximate surface area is 182 Å². The number of ketones is 1. The summed E-state index contributed by atoms with van der Waals surface area (Å²) < 4.78 is 5.52. The Morgan fingerprint density at radius 3 is 2.41 bits per heavy atom. The molecule has 0 unspecified atom stereocenters. The number of phenols is 2. The number of hydrogen-bond donors (Lipinski definition) is 5. The van der Waals surface area contributed by atoms with E-state index in [2.05, 4.69) is 0 Å². The maximum Gasteiger partial charge on any atom is 0.343 e. The number of primary amides is 1. The van der Waals surface area contributed by atoms with E-state index in [9.17, 15) is 34.8 Å². The van der Waals surface area contributed by atoms with Crippen LogP contribution in [0.25, 0.3) is 10.8 Å². The Bertz CT molecular complexity index is 1230. The van der Waals surface area contributed by atoms with Crippen LogP contribution in [0.3, 0.4) is 0 Å². The van der Waals surface area contributed by atoms with Crippen molar-refractivity contribution in [2.45, 2.75) is 25.2 Å². The number of phenolic OH excluding ortho intramolecular Hbond substituents is 2. The molecule has 0 bridgehead atoms. The van der Waals surface area contributed by atoms with E-state index in [0.717, 1.165) is 0 Å². The number of likely N-dealkylation sites (N-methyl/N-ethyl adjacent to an activating group) is 1. The van der Waals surface area contributed by atoms with Gasteiger partial charge in [-0.2, -0.15) is 0 Å². The third-order valence-corrected chi connectivity index (χ3v) is 6.25. The minimum Gasteiger partial charge on any atom is -0.510 e. The average molecular weight is 442 g/mol. The number of carbonyl (C=O) groups is 3. The molecule has 2 aromatic carbocycles. The highest BCUT2D eigenvalue weighted by atomic mass is 16.6. The Hall–Kier alpha value is -3.63. The summed E-state index contributed by atoms with van der Waals surface area (Å²) >= 11 is 0. The van der Waals surface area contributed by atoms with Crippen LogP contribution in [-0.4, -0.2) is 69.2 Å². The van der Waals surface area contributed by atoms with Crippen molar-refractivity contribution < 1.29 is 39.5 Å². The highest BCUT2D eigenvalue weighted by Crippen LogP contribution is 2.51. The van der Waals surface area contributed by atoms with Crippen LogP contribution >= 0.6 is 0 Å². The van der Waals surface area contributed by atoms with Crippen molar-refractivity contribution in [2.75, 3.05) is 14.1 Å². The highest BCUT2D eigenvalue weighted by Gasteiger charge is 2.54. The Balaban J connectivity index is 1.99. The van der Waals surface area contributed by atoms with Gasteiger partial charge in [0.25, 0.3) is 5.91 Å². The Morgan fingerprint density at radius 1 is 1.16 bits per heavy atom. The van der Waals surface area contributed by atoms with Gasteiger partial charge in [0.1, 0.15) is 40.6 Å². The maximum absolute atomic E-state index is 12.8. The standard InChI is InChI=1S/C22H22N2O8/c1-7-8-5-4-6-9(25)11(8)16(26)12-10(7)20(32-22(12)31)13-15(24(2)3)17(27)14(21(23)30)19(29)18(13)28/h4-6,13,15,18,20,25-28H,1-3H3,(H2,23,30)/t13-,15+,18+,20+/m0/s1. The van der Waals surface area contributed by atoms with Crippen LogP contribution in [0.1, 0.15) is 27.6 Å². The summed E-state index contributed by atoms with van der Waals surface area (Å²) in [6, 6.07) is 3.47. The smallest absolute Gasteiger partial charge is 0.343 e. The van der Waals surface area contributed by atoms with E-state index < -0.39 is 58.9 Å². The lowest BCUT2D eigenvalue weighted by atomic mass is 9.74. The second-order valence-corrected chi connectivity index (χ2v) is 8.21. The number of hydrogen-bond acceptors (Lipinski definition) is 9. The molecule has 10 heteroatoms. The normalized spacial score (nSPS) is 25.4. The van der Waals surface area contributed by atoms with Gasteiger partial charge in [0.15, 0.2) is 0 Å². The van der Waals surface area contributed by atoms with Crippen LogP contribution in [0.4, 0.5) is 0 Å². The lowest BCUT2D eigenvalue weighted by Crippen LogP contribution is -2.54. The molecule has 0 saturated carbocycles. The third kappa shape index (κ3) is 2.76. The number of fused-ring (bicyclic) bond motifs is 2. The molecule has 10 nitrogen and oxygen atoms in total. The van der Waals surface area contributed by atoms with E-state index >= 15 is 0 Å². The fraction of sp³-hybridized carbons (Fsp3) is 0.318. The van der Waals surface area contributed by atoms with Crippen molar-refractivity contribution in [3.05, 3.63) is 46.2 Å². The molecule has 4 atom stereocenters. The zero-order valence-corrected chi connectivity index (χ0v) is 17.5. The van der Waals surface area contributed by atoms with Crippen LogP contribution in [-0.2, 0) is 14.3 Å². The van der Waals surface area contributed by atoms with E-state index in [1.165, 1.54) is 11.0 Å². The zero-order valence-electron chi connectivity index (χ0n) is 17.5. The van der Waals surface area contributed by atoms with Gasteiger partial charge < -0.3 is 30.9 Å². The molecule has 1 aliphatic carbocycles. The topological polar surface area (TPSA) is 171 Å². The Morgan fingerprint density at radius 2 is 1.81 bits per heavy atom. The number of carbonyl (C=O) groups excluding carboxylic acids is 3. The van der Waals surface area contributed by atoms with E-state index in [-0.39, 0.29) is 22.3 Å². The largest absolute Gasteiger partial charge is 0.510 e. The average Bonchev–Trinajstić information content (AvgIpc) is 3.05. The number of esters is 1. The Kier molecular flexibility index (Phi) is 4.87. The van der Waals surface area contributed by atoms with Gasteiger partial charge in [-0.15, -0.1) is 0 Å². The van der Waals surface area contributed by atoms with Gasteiger partial charge in [0, 0.05) is 5.56 Å². The minimum atomic E-state index is -1.83. The summed E-state index contributed by atoms with van der Waals surface area (Å²) in [5, 5.41) is 43.1. The number of aliphatic hydroxyl groups is 2. The zero-order chi connectivity index (χ0) is 23.6.